The van der Waals surface area contributed by atoms with E-state index in [-0.39, 0.29) is 125 Å². The lowest BCUT2D eigenvalue weighted by Gasteiger charge is -2.30. The Morgan fingerprint density at radius 2 is 1.21 bits per heavy atom. The number of aryl methyl sites for hydroxylation is 2. The van der Waals surface area contributed by atoms with E-state index >= 15 is 13.4 Å². The first-order valence-electron chi connectivity index (χ1n) is 43.9. The second-order valence-corrected chi connectivity index (χ2v) is 38.0. The number of hydrogen-bond donors (Lipinski definition) is 10. The van der Waals surface area contributed by atoms with E-state index in [9.17, 15) is 79.5 Å². The van der Waals surface area contributed by atoms with E-state index in [4.69, 9.17) is 9.52 Å². The van der Waals surface area contributed by atoms with Crippen LogP contribution in [0.1, 0.15) is 178 Å². The van der Waals surface area contributed by atoms with Gasteiger partial charge in [0.05, 0.1) is 52.2 Å². The Morgan fingerprint density at radius 1 is 0.600 bits per heavy atom. The monoisotopic (exact) mass is 1870 g/mol. The number of benzene rings is 5. The Balaban J connectivity index is 0.839. The van der Waals surface area contributed by atoms with Gasteiger partial charge in [-0.1, -0.05) is 114 Å². The molecule has 2 aliphatic heterocycles. The van der Waals surface area contributed by atoms with Crippen LogP contribution in [0.2, 0.25) is 0 Å². The van der Waals surface area contributed by atoms with Crippen LogP contribution < -0.4 is 41.1 Å². The highest BCUT2D eigenvalue weighted by atomic mass is 33.1. The van der Waals surface area contributed by atoms with Crippen molar-refractivity contribution in [2.45, 2.75) is 211 Å². The molecule has 2 aromatic heterocycles. The van der Waals surface area contributed by atoms with Crippen molar-refractivity contribution in [3.8, 4) is 11.1 Å². The second-order valence-electron chi connectivity index (χ2n) is 32.2. The van der Waals surface area contributed by atoms with Crippen LogP contribution in [-0.4, -0.2) is 199 Å². The standard InChI is InChI=1S/C92H115BF2N10O21S4/c1-7-102(8-2)67-34-39-72-81(55-67)126-82-56-68(103(9-3)10-4)35-40-73(82)88(72)74-41-38-71(57-83(74)130(122,123)124)129(120,121)97-47-48-127-128-58-65(90(115)116)53-79(108)75(30-23-24-46-96-84(110)43-36-66-32-33-69-54-78-60(5)49-61(6)104(78)93(94,95)105(66)69)99-89(114)64(50-62-25-17-15-18-26-62)52-80(109)77(51-63-27-19-16-20-28-63)98-85(111)31-22-14-12-11-13-21-29-70(107)37-42-76(91(117)118)100-92(119)101-86(125-59-106)44-45-87(112)113/h15-20,25-28,32-35,38-41,49,54-57,59,64-65,75-77,86,97H,7-14,21-24,29-31,36-37,42-48,50-53,58H2,1-6H3,(H8-,96,98,99,100,101,110,111,112,113,114,115,116,117,118,119,122,123,124)/p+1/t64-,65?,75?,76+,77+,86-/m1/s1. The van der Waals surface area contributed by atoms with Gasteiger partial charge in [-0.15, -0.1) is 0 Å². The summed E-state index contributed by atoms with van der Waals surface area (Å²) in [7, 11) is -7.51. The number of aromatic nitrogens is 1. The zero-order valence-corrected chi connectivity index (χ0v) is 77.1. The number of Topliss-reactive ketones (excluding diaryl/α,β-unsaturated/α-hetero) is 3. The highest BCUT2D eigenvalue weighted by molar-refractivity contribution is 8.76. The fraction of sp³-hybridized carbons (Fsp3) is 0.446. The summed E-state index contributed by atoms with van der Waals surface area (Å²) in [6.07, 6.45) is 5.32. The van der Waals surface area contributed by atoms with Crippen molar-refractivity contribution in [1.29, 1.82) is 0 Å². The Labute approximate surface area is 763 Å². The van der Waals surface area contributed by atoms with E-state index < -0.39 is 146 Å². The Bertz CT molecular complexity index is 5490. The number of sulfonamides is 1. The van der Waals surface area contributed by atoms with Crippen LogP contribution in [0.4, 0.5) is 24.8 Å². The molecule has 6 atom stereocenters. The van der Waals surface area contributed by atoms with Crippen LogP contribution in [0.25, 0.3) is 39.1 Å². The normalized spacial score (nSPS) is 14.2. The summed E-state index contributed by atoms with van der Waals surface area (Å²) < 4.78 is 114. The number of nitrogens with zero attached hydrogens (tertiary/aromatic N) is 4. The van der Waals surface area contributed by atoms with Gasteiger partial charge < -0.3 is 74.0 Å². The summed E-state index contributed by atoms with van der Waals surface area (Å²) >= 11 is 0. The van der Waals surface area contributed by atoms with Crippen LogP contribution in [0.5, 0.6) is 0 Å². The zero-order valence-electron chi connectivity index (χ0n) is 73.8. The number of fused-ring (bicyclic) bond motifs is 4. The molecule has 4 heterocycles. The van der Waals surface area contributed by atoms with Crippen LogP contribution in [-0.2, 0) is 85.7 Å². The van der Waals surface area contributed by atoms with Crippen molar-refractivity contribution in [2.24, 2.45) is 11.8 Å². The third-order valence-electron chi connectivity index (χ3n) is 23.1. The number of halogens is 2. The van der Waals surface area contributed by atoms with Crippen molar-refractivity contribution >= 4 is 159 Å². The summed E-state index contributed by atoms with van der Waals surface area (Å²) in [6, 6.07) is 28.9. The number of hydrogen-bond acceptors (Lipinski definition) is 20. The van der Waals surface area contributed by atoms with Gasteiger partial charge in [-0.2, -0.15) is 8.42 Å². The van der Waals surface area contributed by atoms with Crippen molar-refractivity contribution < 1.29 is 112 Å². The molecule has 5 amide bonds. The molecule has 10 N–H and O–H groups in total. The number of ether oxygens (including phenoxy) is 1. The number of amides is 5. The predicted octanol–water partition coefficient (Wildman–Crippen LogP) is 13.2. The van der Waals surface area contributed by atoms with E-state index in [1.54, 1.807) is 111 Å². The van der Waals surface area contributed by atoms with E-state index in [0.717, 1.165) is 48.0 Å². The molecule has 0 spiro atoms. The van der Waals surface area contributed by atoms with E-state index in [0.29, 0.717) is 126 Å². The maximum atomic E-state index is 16.2. The molecule has 0 aliphatic carbocycles. The summed E-state index contributed by atoms with van der Waals surface area (Å²) in [5.74, 6) is -9.67. The van der Waals surface area contributed by atoms with Gasteiger partial charge in [0, 0.05) is 154 Å². The smallest absolute Gasteiger partial charge is 0.481 e. The molecule has 0 saturated carbocycles. The van der Waals surface area contributed by atoms with Gasteiger partial charge in [0.1, 0.15) is 22.4 Å². The summed E-state index contributed by atoms with van der Waals surface area (Å²) in [4.78, 5) is 147. The second kappa shape index (κ2) is 49.2. The molecule has 38 heteroatoms. The lowest BCUT2D eigenvalue weighted by molar-refractivity contribution is -0.362. The summed E-state index contributed by atoms with van der Waals surface area (Å²) in [5, 5.41) is 43.3. The SMILES string of the molecule is CCN(CC)c1ccc2c(-c3ccc(S(=O)(=O)NCCSSCC(CC(=O)C(CCCCNC(=O)CCC4=[N+]5C(=Cc6c(C)cc(C)n6[B-]5(F)F)C=C4)NC(=O)[C@@H](CC(=O)[C@H](Cc4ccccc4)NC(=O)CCCCCCCCC(=O)CC[C@H](NC(=O)N[C@@H](CCC(=O)O)OC=O)C(=O)O)Cc4ccccc4)C(=O)O)cc3S(=O)(=O)O)c3ccc(N(CC)CC)cc3[o+]c2c1. The highest BCUT2D eigenvalue weighted by Crippen LogP contribution is 2.43. The van der Waals surface area contributed by atoms with Crippen molar-refractivity contribution in [3.63, 3.8) is 0 Å². The first kappa shape index (κ1) is 103. The number of urea groups is 1. The molecule has 0 radical (unpaired) electrons. The Kier molecular flexibility index (Phi) is 38.8. The minimum absolute atomic E-state index is 0.00753. The molecule has 0 fully saturated rings. The molecule has 0 saturated heterocycles. The number of carbonyl (C=O) groups excluding carboxylic acids is 8. The lowest BCUT2D eigenvalue weighted by atomic mass is 9.88. The lowest BCUT2D eigenvalue weighted by Crippen LogP contribution is -2.50. The van der Waals surface area contributed by atoms with Gasteiger partial charge in [-0.3, -0.25) is 47.7 Å². The number of unbranched alkanes of at least 4 members (excludes halogenated alkanes) is 6. The largest absolute Gasteiger partial charge is 0.737 e. The molecule has 700 valence electrons. The number of aliphatic carboxylic acids is 3. The molecule has 5 aromatic carbocycles. The first-order valence-corrected chi connectivity index (χ1v) is 49.3. The summed E-state index contributed by atoms with van der Waals surface area (Å²) in [6.45, 7) is 9.73. The van der Waals surface area contributed by atoms with Crippen LogP contribution in [0, 0.1) is 25.7 Å². The first-order chi connectivity index (χ1) is 62.1. The van der Waals surface area contributed by atoms with Gasteiger partial charge in [-0.05, 0) is 158 Å². The number of allylic oxidation sites excluding steroid dienone is 2. The van der Waals surface area contributed by atoms with Crippen molar-refractivity contribution in [3.05, 3.63) is 167 Å². The maximum Gasteiger partial charge on any atom is 0.737 e. The molecular formula is C92H116BF2N10O21S4+. The molecule has 2 unspecified atom stereocenters. The van der Waals surface area contributed by atoms with Gasteiger partial charge in [-0.25, -0.2) is 27.1 Å². The minimum atomic E-state index is -5.13. The Hall–Kier alpha value is -11.2. The average Bonchev–Trinajstić information content (AvgIpc) is 1.53. The highest BCUT2D eigenvalue weighted by Gasteiger charge is 2.52. The number of nitrogens with one attached hydrogen (secondary N) is 6. The maximum absolute atomic E-state index is 16.2. The van der Waals surface area contributed by atoms with E-state index in [1.165, 1.54) is 12.1 Å². The number of rotatable bonds is 58. The summed E-state index contributed by atoms with van der Waals surface area (Å²) in [5.41, 5.74) is 6.35. The number of carboxylic acids is 3. The molecule has 7 aromatic rings. The van der Waals surface area contributed by atoms with Crippen molar-refractivity contribution in [1.82, 2.24) is 35.8 Å². The van der Waals surface area contributed by atoms with Gasteiger partial charge in [0.25, 0.3) is 16.6 Å². The van der Waals surface area contributed by atoms with E-state index in [2.05, 4.69) is 45.8 Å². The van der Waals surface area contributed by atoms with Gasteiger partial charge >= 0.3 is 42.1 Å². The molecule has 2 aliphatic rings. The fourth-order valence-electron chi connectivity index (χ4n) is 16.2. The quantitative estimate of drug-likeness (QED) is 0.00247. The third kappa shape index (κ3) is 29.2. The zero-order chi connectivity index (χ0) is 94.4. The molecule has 0 bridgehead atoms. The average molecular weight is 1880 g/mol. The van der Waals surface area contributed by atoms with Gasteiger partial charge in [0.15, 0.2) is 23.5 Å². The number of ketones is 3. The van der Waals surface area contributed by atoms with Crippen LogP contribution >= 0.6 is 21.6 Å². The molecule has 130 heavy (non-hydrogen) atoms. The topological polar surface area (TPSA) is 444 Å². The molecule has 9 rings (SSSR count). The van der Waals surface area contributed by atoms with Crippen LogP contribution in [0.15, 0.2) is 153 Å². The van der Waals surface area contributed by atoms with Crippen LogP contribution in [0.3, 0.4) is 0 Å². The Morgan fingerprint density at radius 3 is 1.81 bits per heavy atom. The predicted molar refractivity (Wildman–Crippen MR) is 496 cm³/mol. The molecule has 31 nitrogen and oxygen atoms in total. The number of carboxylic acid groups (broad SMARTS) is 3. The fourth-order valence-corrected chi connectivity index (χ4v) is 20.4. The van der Waals surface area contributed by atoms with Gasteiger partial charge in [0.2, 0.25) is 27.7 Å². The number of anilines is 2. The van der Waals surface area contributed by atoms with Crippen molar-refractivity contribution in [2.75, 3.05) is 60.6 Å². The minimum Gasteiger partial charge on any atom is -0.481 e. The third-order valence-corrected chi connectivity index (χ3v) is 27.9. The molecular weight excluding hydrogens is 1760 g/mol. The van der Waals surface area contributed by atoms with E-state index in [1.807, 2.05) is 52.0 Å². The number of carbonyl (C=O) groups is 11.